The molecule has 0 N–H and O–H groups in total. The normalized spacial score (nSPS) is 20.2. The minimum atomic E-state index is 0.292. The summed E-state index contributed by atoms with van der Waals surface area (Å²) in [5, 5.41) is 0. The Kier molecular flexibility index (Phi) is 2.36. The lowest BCUT2D eigenvalue weighted by atomic mass is 10.1. The van der Waals surface area contributed by atoms with Gasteiger partial charge in [0.25, 0.3) is 0 Å². The molecule has 0 radical (unpaired) electrons. The zero-order valence-electron chi connectivity index (χ0n) is 9.08. The van der Waals surface area contributed by atoms with Crippen LogP contribution in [0.4, 0.5) is 5.69 Å². The van der Waals surface area contributed by atoms with Crippen molar-refractivity contribution in [3.8, 4) is 5.75 Å². The zero-order chi connectivity index (χ0) is 10.1. The molecule has 1 heterocycles. The molecule has 0 amide bonds. The molecule has 0 fully saturated rings. The van der Waals surface area contributed by atoms with E-state index < -0.39 is 0 Å². The minimum Gasteiger partial charge on any atom is -0.486 e. The van der Waals surface area contributed by atoms with E-state index >= 15 is 0 Å². The van der Waals surface area contributed by atoms with E-state index in [-0.39, 0.29) is 0 Å². The molecule has 2 heteroatoms. The van der Waals surface area contributed by atoms with Crippen LogP contribution in [0.3, 0.4) is 0 Å². The van der Waals surface area contributed by atoms with Crippen molar-refractivity contribution >= 4 is 5.69 Å². The van der Waals surface area contributed by atoms with Gasteiger partial charge in [0.15, 0.2) is 0 Å². The van der Waals surface area contributed by atoms with Crippen molar-refractivity contribution in [2.75, 3.05) is 18.5 Å². The Morgan fingerprint density at radius 1 is 1.50 bits per heavy atom. The molecular formula is C12H17NO. The summed E-state index contributed by atoms with van der Waals surface area (Å²) in [7, 11) is 2.12. The molecule has 0 saturated carbocycles. The van der Waals surface area contributed by atoms with Crippen LogP contribution in [-0.2, 0) is 6.42 Å². The molecule has 1 atom stereocenters. The second-order valence-corrected chi connectivity index (χ2v) is 3.93. The monoisotopic (exact) mass is 191 g/mol. The maximum atomic E-state index is 5.88. The largest absolute Gasteiger partial charge is 0.486 e. The number of aryl methyl sites for hydroxylation is 1. The van der Waals surface area contributed by atoms with Gasteiger partial charge in [-0.1, -0.05) is 19.1 Å². The first-order valence-electron chi connectivity index (χ1n) is 5.22. The number of rotatable bonds is 1. The fourth-order valence-electron chi connectivity index (χ4n) is 2.01. The second-order valence-electron chi connectivity index (χ2n) is 3.93. The Morgan fingerprint density at radius 2 is 2.29 bits per heavy atom. The molecule has 0 bridgehead atoms. The smallest absolute Gasteiger partial charge is 0.146 e. The van der Waals surface area contributed by atoms with E-state index in [1.165, 1.54) is 11.3 Å². The number of benzene rings is 1. The maximum absolute atomic E-state index is 5.88. The zero-order valence-corrected chi connectivity index (χ0v) is 9.08. The van der Waals surface area contributed by atoms with Crippen molar-refractivity contribution in [2.45, 2.75) is 26.4 Å². The van der Waals surface area contributed by atoms with Gasteiger partial charge in [-0.3, -0.25) is 0 Å². The minimum absolute atomic E-state index is 0.292. The van der Waals surface area contributed by atoms with Crippen LogP contribution < -0.4 is 9.64 Å². The molecule has 1 aliphatic rings. The van der Waals surface area contributed by atoms with Gasteiger partial charge in [-0.25, -0.2) is 0 Å². The first-order chi connectivity index (χ1) is 6.72. The lowest BCUT2D eigenvalue weighted by Crippen LogP contribution is -2.35. The van der Waals surface area contributed by atoms with Crippen LogP contribution >= 0.6 is 0 Å². The first-order valence-corrected chi connectivity index (χ1v) is 5.22. The number of likely N-dealkylation sites (N-methyl/N-ethyl adjacent to an activating group) is 1. The molecule has 14 heavy (non-hydrogen) atoms. The standard InChI is InChI=1S/C12H17NO/c1-4-10-6-5-7-11-12(10)14-9(2)8-13(11)3/h5-7,9H,4,8H2,1-3H3. The van der Waals surface area contributed by atoms with Gasteiger partial charge in [0.1, 0.15) is 11.9 Å². The van der Waals surface area contributed by atoms with Crippen LogP contribution in [0.2, 0.25) is 0 Å². The van der Waals surface area contributed by atoms with Crippen molar-refractivity contribution in [3.05, 3.63) is 23.8 Å². The third-order valence-corrected chi connectivity index (χ3v) is 2.72. The molecule has 1 unspecified atom stereocenters. The summed E-state index contributed by atoms with van der Waals surface area (Å²) < 4.78 is 5.88. The summed E-state index contributed by atoms with van der Waals surface area (Å²) in [5.74, 6) is 1.08. The third-order valence-electron chi connectivity index (χ3n) is 2.72. The number of ether oxygens (including phenoxy) is 1. The topological polar surface area (TPSA) is 12.5 Å². The van der Waals surface area contributed by atoms with Crippen LogP contribution in [-0.4, -0.2) is 19.7 Å². The number of hydrogen-bond donors (Lipinski definition) is 0. The highest BCUT2D eigenvalue weighted by Crippen LogP contribution is 2.35. The average Bonchev–Trinajstić information content (AvgIpc) is 2.17. The predicted molar refractivity (Wildman–Crippen MR) is 59.2 cm³/mol. The molecule has 0 aliphatic carbocycles. The number of fused-ring (bicyclic) bond motifs is 1. The van der Waals surface area contributed by atoms with E-state index in [9.17, 15) is 0 Å². The lowest BCUT2D eigenvalue weighted by molar-refractivity contribution is 0.213. The first kappa shape index (κ1) is 9.38. The SMILES string of the molecule is CCc1cccc2c1OC(C)CN2C. The highest BCUT2D eigenvalue weighted by atomic mass is 16.5. The maximum Gasteiger partial charge on any atom is 0.146 e. The Bertz CT molecular complexity index is 335. The van der Waals surface area contributed by atoms with Crippen LogP contribution in [0.15, 0.2) is 18.2 Å². The van der Waals surface area contributed by atoms with Gasteiger partial charge >= 0.3 is 0 Å². The van der Waals surface area contributed by atoms with Gasteiger partial charge in [0.05, 0.1) is 12.2 Å². The number of hydrogen-bond acceptors (Lipinski definition) is 2. The summed E-state index contributed by atoms with van der Waals surface area (Å²) in [6.45, 7) is 5.25. The quantitative estimate of drug-likeness (QED) is 0.676. The molecule has 1 aromatic rings. The highest BCUT2D eigenvalue weighted by molar-refractivity contribution is 5.63. The number of para-hydroxylation sites is 1. The van der Waals surface area contributed by atoms with Crippen molar-refractivity contribution < 1.29 is 4.74 Å². The van der Waals surface area contributed by atoms with Crippen molar-refractivity contribution in [1.82, 2.24) is 0 Å². The van der Waals surface area contributed by atoms with E-state index in [4.69, 9.17) is 4.74 Å². The number of nitrogens with zero attached hydrogens (tertiary/aromatic N) is 1. The van der Waals surface area contributed by atoms with E-state index in [1.807, 2.05) is 0 Å². The van der Waals surface area contributed by atoms with Crippen LogP contribution in [0.25, 0.3) is 0 Å². The van der Waals surface area contributed by atoms with E-state index in [2.05, 4.69) is 44.0 Å². The number of anilines is 1. The Hall–Kier alpha value is -1.18. The summed E-state index contributed by atoms with van der Waals surface area (Å²) in [6, 6.07) is 6.37. The van der Waals surface area contributed by atoms with Gasteiger partial charge in [0, 0.05) is 7.05 Å². The Morgan fingerprint density at radius 3 is 3.00 bits per heavy atom. The molecule has 1 aliphatic heterocycles. The molecule has 2 rings (SSSR count). The van der Waals surface area contributed by atoms with Crippen molar-refractivity contribution in [2.24, 2.45) is 0 Å². The predicted octanol–water partition coefficient (Wildman–Crippen LogP) is 2.47. The molecule has 0 spiro atoms. The second kappa shape index (κ2) is 3.52. The van der Waals surface area contributed by atoms with Gasteiger partial charge in [-0.2, -0.15) is 0 Å². The van der Waals surface area contributed by atoms with Crippen LogP contribution in [0.1, 0.15) is 19.4 Å². The summed E-state index contributed by atoms with van der Waals surface area (Å²) >= 11 is 0. The van der Waals surface area contributed by atoms with Gasteiger partial charge in [0.2, 0.25) is 0 Å². The third kappa shape index (κ3) is 1.45. The summed E-state index contributed by atoms with van der Waals surface area (Å²) in [5.41, 5.74) is 2.53. The van der Waals surface area contributed by atoms with E-state index in [0.29, 0.717) is 6.10 Å². The van der Waals surface area contributed by atoms with Gasteiger partial charge < -0.3 is 9.64 Å². The molecule has 76 valence electrons. The summed E-state index contributed by atoms with van der Waals surface area (Å²) in [4.78, 5) is 2.27. The molecule has 2 nitrogen and oxygen atoms in total. The van der Waals surface area contributed by atoms with Gasteiger partial charge in [-0.15, -0.1) is 0 Å². The molecule has 1 aromatic carbocycles. The Balaban J connectivity index is 2.47. The molecule has 0 saturated heterocycles. The van der Waals surface area contributed by atoms with E-state index in [0.717, 1.165) is 18.7 Å². The summed E-state index contributed by atoms with van der Waals surface area (Å²) in [6.07, 6.45) is 1.32. The van der Waals surface area contributed by atoms with Gasteiger partial charge in [-0.05, 0) is 25.0 Å². The average molecular weight is 191 g/mol. The van der Waals surface area contributed by atoms with Crippen molar-refractivity contribution in [1.29, 1.82) is 0 Å². The van der Waals surface area contributed by atoms with Crippen LogP contribution in [0.5, 0.6) is 5.75 Å². The lowest BCUT2D eigenvalue weighted by Gasteiger charge is -2.33. The molecular weight excluding hydrogens is 174 g/mol. The Labute approximate surface area is 85.5 Å². The highest BCUT2D eigenvalue weighted by Gasteiger charge is 2.21. The molecule has 0 aromatic heterocycles. The fourth-order valence-corrected chi connectivity index (χ4v) is 2.01. The fraction of sp³-hybridized carbons (Fsp3) is 0.500. The van der Waals surface area contributed by atoms with Crippen LogP contribution in [0, 0.1) is 0 Å². The van der Waals surface area contributed by atoms with E-state index in [1.54, 1.807) is 0 Å². The van der Waals surface area contributed by atoms with Crippen molar-refractivity contribution in [3.63, 3.8) is 0 Å².